The number of benzene rings is 1. The fraction of sp³-hybridized carbons (Fsp3) is 0.263. The predicted molar refractivity (Wildman–Crippen MR) is 91.0 cm³/mol. The number of methoxy groups -OCH3 is 1. The third-order valence-electron chi connectivity index (χ3n) is 4.06. The van der Waals surface area contributed by atoms with E-state index in [9.17, 15) is 0 Å². The Morgan fingerprint density at radius 1 is 1.09 bits per heavy atom. The summed E-state index contributed by atoms with van der Waals surface area (Å²) in [5.41, 5.74) is 4.77. The molecule has 23 heavy (non-hydrogen) atoms. The van der Waals surface area contributed by atoms with E-state index < -0.39 is 0 Å². The summed E-state index contributed by atoms with van der Waals surface area (Å²) in [6.45, 7) is 5.79. The molecule has 0 aliphatic heterocycles. The van der Waals surface area contributed by atoms with Crippen LogP contribution in [0.15, 0.2) is 53.1 Å². The molecule has 4 nitrogen and oxygen atoms in total. The van der Waals surface area contributed by atoms with Crippen molar-refractivity contribution in [2.45, 2.75) is 26.9 Å². The van der Waals surface area contributed by atoms with Gasteiger partial charge in [0.15, 0.2) is 0 Å². The number of nitrogens with zero attached hydrogens (tertiary/aromatic N) is 1. The number of furan rings is 1. The SMILES string of the molecule is COc1ccccc1-n1c(C)cc(CNCc2ccco2)c1C. The Kier molecular flexibility index (Phi) is 4.53. The third-order valence-corrected chi connectivity index (χ3v) is 4.06. The molecule has 4 heteroatoms. The van der Waals surface area contributed by atoms with E-state index in [1.807, 2.05) is 30.3 Å². The maximum absolute atomic E-state index is 5.50. The minimum absolute atomic E-state index is 0.728. The van der Waals surface area contributed by atoms with Gasteiger partial charge in [0, 0.05) is 17.9 Å². The largest absolute Gasteiger partial charge is 0.495 e. The van der Waals surface area contributed by atoms with Crippen LogP contribution in [-0.4, -0.2) is 11.7 Å². The molecule has 3 aromatic rings. The molecule has 120 valence electrons. The van der Waals surface area contributed by atoms with Crippen molar-refractivity contribution in [1.82, 2.24) is 9.88 Å². The number of hydrogen-bond donors (Lipinski definition) is 1. The third kappa shape index (κ3) is 3.17. The average Bonchev–Trinajstić information content (AvgIpc) is 3.16. The maximum Gasteiger partial charge on any atom is 0.142 e. The molecule has 0 atom stereocenters. The molecule has 0 aliphatic rings. The zero-order valence-corrected chi connectivity index (χ0v) is 13.8. The minimum Gasteiger partial charge on any atom is -0.495 e. The zero-order valence-electron chi connectivity index (χ0n) is 13.8. The number of aromatic nitrogens is 1. The van der Waals surface area contributed by atoms with E-state index in [0.29, 0.717) is 0 Å². The molecule has 0 bridgehead atoms. The molecule has 2 heterocycles. The van der Waals surface area contributed by atoms with Gasteiger partial charge in [-0.2, -0.15) is 0 Å². The quantitative estimate of drug-likeness (QED) is 0.748. The Hall–Kier alpha value is -2.46. The Morgan fingerprint density at radius 2 is 1.91 bits per heavy atom. The fourth-order valence-corrected chi connectivity index (χ4v) is 2.93. The molecule has 0 saturated heterocycles. The highest BCUT2D eigenvalue weighted by Gasteiger charge is 2.13. The lowest BCUT2D eigenvalue weighted by Crippen LogP contribution is -2.12. The van der Waals surface area contributed by atoms with Gasteiger partial charge in [0.05, 0.1) is 25.6 Å². The molecular formula is C19H22N2O2. The highest BCUT2D eigenvalue weighted by atomic mass is 16.5. The summed E-state index contributed by atoms with van der Waals surface area (Å²) in [5.74, 6) is 1.83. The average molecular weight is 310 g/mol. The van der Waals surface area contributed by atoms with E-state index in [-0.39, 0.29) is 0 Å². The molecular weight excluding hydrogens is 288 g/mol. The van der Waals surface area contributed by atoms with Crippen molar-refractivity contribution < 1.29 is 9.15 Å². The van der Waals surface area contributed by atoms with E-state index in [0.717, 1.165) is 30.3 Å². The number of nitrogens with one attached hydrogen (secondary N) is 1. The number of ether oxygens (including phenoxy) is 1. The topological polar surface area (TPSA) is 39.3 Å². The molecule has 0 amide bonds. The summed E-state index contributed by atoms with van der Waals surface area (Å²) in [5, 5.41) is 3.43. The van der Waals surface area contributed by atoms with Crippen LogP contribution in [0.3, 0.4) is 0 Å². The van der Waals surface area contributed by atoms with Crippen molar-refractivity contribution in [2.24, 2.45) is 0 Å². The van der Waals surface area contributed by atoms with Crippen molar-refractivity contribution in [3.63, 3.8) is 0 Å². The lowest BCUT2D eigenvalue weighted by atomic mass is 10.2. The molecule has 0 saturated carbocycles. The van der Waals surface area contributed by atoms with Gasteiger partial charge >= 0.3 is 0 Å². The molecule has 2 aromatic heterocycles. The molecule has 0 spiro atoms. The van der Waals surface area contributed by atoms with Crippen LogP contribution >= 0.6 is 0 Å². The first-order valence-corrected chi connectivity index (χ1v) is 7.75. The number of para-hydroxylation sites is 2. The van der Waals surface area contributed by atoms with Crippen LogP contribution in [0.2, 0.25) is 0 Å². The van der Waals surface area contributed by atoms with Crippen molar-refractivity contribution in [1.29, 1.82) is 0 Å². The second-order valence-corrected chi connectivity index (χ2v) is 5.59. The second-order valence-electron chi connectivity index (χ2n) is 5.59. The van der Waals surface area contributed by atoms with Gasteiger partial charge in [-0.05, 0) is 49.7 Å². The Morgan fingerprint density at radius 3 is 2.65 bits per heavy atom. The highest BCUT2D eigenvalue weighted by Crippen LogP contribution is 2.27. The number of rotatable bonds is 6. The van der Waals surface area contributed by atoms with Crippen LogP contribution in [-0.2, 0) is 13.1 Å². The second kappa shape index (κ2) is 6.75. The van der Waals surface area contributed by atoms with Crippen LogP contribution in [0.25, 0.3) is 5.69 Å². The van der Waals surface area contributed by atoms with Crippen LogP contribution in [0.1, 0.15) is 22.7 Å². The zero-order chi connectivity index (χ0) is 16.2. The van der Waals surface area contributed by atoms with E-state index >= 15 is 0 Å². The van der Waals surface area contributed by atoms with Crippen molar-refractivity contribution in [3.8, 4) is 11.4 Å². The highest BCUT2D eigenvalue weighted by molar-refractivity contribution is 5.50. The van der Waals surface area contributed by atoms with Crippen LogP contribution in [0.4, 0.5) is 0 Å². The summed E-state index contributed by atoms with van der Waals surface area (Å²) in [6.07, 6.45) is 1.70. The maximum atomic E-state index is 5.50. The normalized spacial score (nSPS) is 10.9. The van der Waals surface area contributed by atoms with Gasteiger partial charge < -0.3 is 19.0 Å². The van der Waals surface area contributed by atoms with E-state index in [1.54, 1.807) is 13.4 Å². The smallest absolute Gasteiger partial charge is 0.142 e. The van der Waals surface area contributed by atoms with Gasteiger partial charge in [0.25, 0.3) is 0 Å². The predicted octanol–water partition coefficient (Wildman–Crippen LogP) is 3.99. The van der Waals surface area contributed by atoms with Gasteiger partial charge in [-0.3, -0.25) is 0 Å². The summed E-state index contributed by atoms with van der Waals surface area (Å²) in [4.78, 5) is 0. The van der Waals surface area contributed by atoms with Gasteiger partial charge in [-0.1, -0.05) is 12.1 Å². The first kappa shape index (κ1) is 15.4. The number of hydrogen-bond acceptors (Lipinski definition) is 3. The molecule has 3 rings (SSSR count). The molecule has 0 fully saturated rings. The summed E-state index contributed by atoms with van der Waals surface area (Å²) >= 11 is 0. The Bertz CT molecular complexity index is 773. The van der Waals surface area contributed by atoms with Crippen LogP contribution < -0.4 is 10.1 Å². The van der Waals surface area contributed by atoms with Crippen molar-refractivity contribution in [2.75, 3.05) is 7.11 Å². The lowest BCUT2D eigenvalue weighted by Gasteiger charge is -2.14. The molecule has 0 unspecified atom stereocenters. The van der Waals surface area contributed by atoms with E-state index in [4.69, 9.17) is 9.15 Å². The van der Waals surface area contributed by atoms with Gasteiger partial charge in [-0.15, -0.1) is 0 Å². The summed E-state index contributed by atoms with van der Waals surface area (Å²) in [6, 6.07) is 14.2. The van der Waals surface area contributed by atoms with Gasteiger partial charge in [0.2, 0.25) is 0 Å². The van der Waals surface area contributed by atoms with Crippen molar-refractivity contribution >= 4 is 0 Å². The summed E-state index contributed by atoms with van der Waals surface area (Å²) in [7, 11) is 1.71. The first-order chi connectivity index (χ1) is 11.2. The Labute approximate surface area is 136 Å². The van der Waals surface area contributed by atoms with E-state index in [1.165, 1.54) is 17.0 Å². The van der Waals surface area contributed by atoms with Gasteiger partial charge in [-0.25, -0.2) is 0 Å². The standard InChI is InChI=1S/C19H22N2O2/c1-14-11-16(12-20-13-17-7-6-10-23-17)15(2)21(14)18-8-4-5-9-19(18)22-3/h4-11,20H,12-13H2,1-3H3. The van der Waals surface area contributed by atoms with Crippen LogP contribution in [0, 0.1) is 13.8 Å². The minimum atomic E-state index is 0.728. The molecule has 0 aliphatic carbocycles. The number of aryl methyl sites for hydroxylation is 1. The van der Waals surface area contributed by atoms with E-state index in [2.05, 4.69) is 35.9 Å². The monoisotopic (exact) mass is 310 g/mol. The molecule has 0 radical (unpaired) electrons. The first-order valence-electron chi connectivity index (χ1n) is 7.75. The molecule has 1 N–H and O–H groups in total. The summed E-state index contributed by atoms with van der Waals surface area (Å²) < 4.78 is 13.1. The van der Waals surface area contributed by atoms with Gasteiger partial charge in [0.1, 0.15) is 11.5 Å². The lowest BCUT2D eigenvalue weighted by molar-refractivity contribution is 0.412. The van der Waals surface area contributed by atoms with Crippen molar-refractivity contribution in [3.05, 3.63) is 71.4 Å². The molecule has 1 aromatic carbocycles. The van der Waals surface area contributed by atoms with Crippen LogP contribution in [0.5, 0.6) is 5.75 Å². The fourth-order valence-electron chi connectivity index (χ4n) is 2.93. The Balaban J connectivity index is 1.82.